The molecule has 0 amide bonds. The van der Waals surface area contributed by atoms with E-state index in [9.17, 15) is 4.79 Å². The molecule has 2 unspecified atom stereocenters. The van der Waals surface area contributed by atoms with Crippen molar-refractivity contribution < 1.29 is 9.53 Å². The van der Waals surface area contributed by atoms with E-state index in [0.29, 0.717) is 13.0 Å². The van der Waals surface area contributed by atoms with E-state index < -0.39 is 0 Å². The van der Waals surface area contributed by atoms with Crippen LogP contribution < -0.4 is 0 Å². The van der Waals surface area contributed by atoms with E-state index in [2.05, 4.69) is 16.9 Å². The van der Waals surface area contributed by atoms with Crippen LogP contribution >= 0.6 is 0 Å². The smallest absolute Gasteiger partial charge is 0.305 e. The van der Waals surface area contributed by atoms with Gasteiger partial charge < -0.3 is 4.74 Å². The summed E-state index contributed by atoms with van der Waals surface area (Å²) in [5.41, 5.74) is 0. The third-order valence-corrected chi connectivity index (χ3v) is 2.96. The molecule has 2 atom stereocenters. The third kappa shape index (κ3) is 2.33. The van der Waals surface area contributed by atoms with Crippen LogP contribution in [0.15, 0.2) is 12.2 Å². The van der Waals surface area contributed by atoms with Crippen molar-refractivity contribution in [3.8, 4) is 0 Å². The van der Waals surface area contributed by atoms with E-state index in [1.807, 2.05) is 0 Å². The maximum absolute atomic E-state index is 10.0. The molecule has 0 spiro atoms. The standard InChI is InChI=1S/C7H10.C4H6O2/c1-2-7-4-3-6(1)5-7;5-4-2-1-3-6-4/h1-2,6-7H,3-5H2;1-3H2. The van der Waals surface area contributed by atoms with Crippen molar-refractivity contribution in [2.45, 2.75) is 32.1 Å². The molecule has 2 bridgehead atoms. The van der Waals surface area contributed by atoms with Crippen LogP contribution in [-0.2, 0) is 9.53 Å². The summed E-state index contributed by atoms with van der Waals surface area (Å²) >= 11 is 0. The Morgan fingerprint density at radius 1 is 1.23 bits per heavy atom. The van der Waals surface area contributed by atoms with Gasteiger partial charge in [-0.1, -0.05) is 12.2 Å². The Kier molecular flexibility index (Phi) is 2.67. The maximum atomic E-state index is 10.0. The van der Waals surface area contributed by atoms with Gasteiger partial charge in [-0.15, -0.1) is 0 Å². The number of ether oxygens (including phenoxy) is 1. The summed E-state index contributed by atoms with van der Waals surface area (Å²) in [4.78, 5) is 10.0. The molecule has 3 rings (SSSR count). The normalized spacial score (nSPS) is 34.3. The van der Waals surface area contributed by atoms with Crippen LogP contribution in [-0.4, -0.2) is 12.6 Å². The Labute approximate surface area is 79.0 Å². The Morgan fingerprint density at radius 2 is 1.92 bits per heavy atom. The summed E-state index contributed by atoms with van der Waals surface area (Å²) < 4.78 is 4.51. The minimum Gasteiger partial charge on any atom is -0.466 e. The zero-order valence-corrected chi connectivity index (χ0v) is 7.87. The molecule has 13 heavy (non-hydrogen) atoms. The highest BCUT2D eigenvalue weighted by Crippen LogP contribution is 2.38. The predicted molar refractivity (Wildman–Crippen MR) is 50.2 cm³/mol. The fourth-order valence-electron chi connectivity index (χ4n) is 2.19. The number of carbonyl (C=O) groups excluding carboxylic acids is 1. The van der Waals surface area contributed by atoms with Crippen LogP contribution in [0.1, 0.15) is 32.1 Å². The third-order valence-electron chi connectivity index (χ3n) is 2.96. The van der Waals surface area contributed by atoms with Crippen molar-refractivity contribution in [2.75, 3.05) is 6.61 Å². The first-order chi connectivity index (χ1) is 6.34. The number of cyclic esters (lactones) is 1. The molecular formula is C11H16O2. The van der Waals surface area contributed by atoms with Gasteiger partial charge in [0.05, 0.1) is 6.61 Å². The lowest BCUT2D eigenvalue weighted by Crippen LogP contribution is -1.88. The van der Waals surface area contributed by atoms with Crippen molar-refractivity contribution in [3.63, 3.8) is 0 Å². The fourth-order valence-corrected chi connectivity index (χ4v) is 2.19. The highest BCUT2D eigenvalue weighted by molar-refractivity contribution is 5.70. The van der Waals surface area contributed by atoms with Gasteiger partial charge in [0.2, 0.25) is 0 Å². The molecule has 0 N–H and O–H groups in total. The Morgan fingerprint density at radius 3 is 2.08 bits per heavy atom. The zero-order chi connectivity index (χ0) is 9.10. The largest absolute Gasteiger partial charge is 0.466 e. The molecule has 1 aliphatic heterocycles. The molecule has 1 saturated carbocycles. The molecule has 2 heteroatoms. The van der Waals surface area contributed by atoms with Gasteiger partial charge in [-0.05, 0) is 37.5 Å². The highest BCUT2D eigenvalue weighted by atomic mass is 16.5. The maximum Gasteiger partial charge on any atom is 0.305 e. The van der Waals surface area contributed by atoms with Gasteiger partial charge in [0.1, 0.15) is 0 Å². The fraction of sp³-hybridized carbons (Fsp3) is 0.727. The molecule has 0 radical (unpaired) electrons. The molecule has 2 fully saturated rings. The van der Waals surface area contributed by atoms with E-state index >= 15 is 0 Å². The lowest BCUT2D eigenvalue weighted by atomic mass is 10.1. The topological polar surface area (TPSA) is 26.3 Å². The molecule has 3 aliphatic rings. The number of hydrogen-bond donors (Lipinski definition) is 0. The second-order valence-corrected chi connectivity index (χ2v) is 4.04. The van der Waals surface area contributed by atoms with E-state index in [0.717, 1.165) is 18.3 Å². The molecule has 72 valence electrons. The summed E-state index contributed by atoms with van der Waals surface area (Å²) in [7, 11) is 0. The summed E-state index contributed by atoms with van der Waals surface area (Å²) in [6, 6.07) is 0. The van der Waals surface area contributed by atoms with E-state index in [1.165, 1.54) is 19.3 Å². The van der Waals surface area contributed by atoms with Crippen LogP contribution in [0.25, 0.3) is 0 Å². The first-order valence-electron chi connectivity index (χ1n) is 5.18. The number of carbonyl (C=O) groups is 1. The second kappa shape index (κ2) is 3.95. The molecule has 1 saturated heterocycles. The van der Waals surface area contributed by atoms with Crippen LogP contribution in [0, 0.1) is 11.8 Å². The van der Waals surface area contributed by atoms with Gasteiger partial charge in [0, 0.05) is 6.42 Å². The van der Waals surface area contributed by atoms with Gasteiger partial charge in [-0.25, -0.2) is 0 Å². The van der Waals surface area contributed by atoms with Crippen molar-refractivity contribution in [1.82, 2.24) is 0 Å². The highest BCUT2D eigenvalue weighted by Gasteiger charge is 2.25. The zero-order valence-electron chi connectivity index (χ0n) is 7.87. The van der Waals surface area contributed by atoms with Gasteiger partial charge >= 0.3 is 5.97 Å². The average Bonchev–Trinajstić information content (AvgIpc) is 2.80. The first-order valence-corrected chi connectivity index (χ1v) is 5.18. The SMILES string of the molecule is C1=CC2CCC1C2.O=C1CCCO1. The molecule has 0 aromatic heterocycles. The second-order valence-electron chi connectivity index (χ2n) is 4.04. The predicted octanol–water partition coefficient (Wildman–Crippen LogP) is 2.30. The summed E-state index contributed by atoms with van der Waals surface area (Å²) in [6.45, 7) is 0.638. The summed E-state index contributed by atoms with van der Waals surface area (Å²) in [5, 5.41) is 0. The average molecular weight is 180 g/mol. The number of rotatable bonds is 0. The molecule has 2 nitrogen and oxygen atoms in total. The van der Waals surface area contributed by atoms with E-state index in [-0.39, 0.29) is 5.97 Å². The number of fused-ring (bicyclic) bond motifs is 2. The van der Waals surface area contributed by atoms with Crippen molar-refractivity contribution >= 4 is 5.97 Å². The number of esters is 1. The van der Waals surface area contributed by atoms with E-state index in [4.69, 9.17) is 0 Å². The number of allylic oxidation sites excluding steroid dienone is 2. The summed E-state index contributed by atoms with van der Waals surface area (Å²) in [5.74, 6) is 1.94. The Bertz CT molecular complexity index is 200. The van der Waals surface area contributed by atoms with E-state index in [1.54, 1.807) is 0 Å². The molecular weight excluding hydrogens is 164 g/mol. The lowest BCUT2D eigenvalue weighted by molar-refractivity contribution is -0.137. The lowest BCUT2D eigenvalue weighted by Gasteiger charge is -1.96. The van der Waals surface area contributed by atoms with Crippen LogP contribution in [0.3, 0.4) is 0 Å². The van der Waals surface area contributed by atoms with Gasteiger partial charge in [0.15, 0.2) is 0 Å². The van der Waals surface area contributed by atoms with Crippen molar-refractivity contribution in [2.24, 2.45) is 11.8 Å². The Hall–Kier alpha value is -0.790. The molecule has 0 aromatic rings. The van der Waals surface area contributed by atoms with Crippen molar-refractivity contribution in [1.29, 1.82) is 0 Å². The quantitative estimate of drug-likeness (QED) is 0.422. The van der Waals surface area contributed by atoms with Crippen LogP contribution in [0.5, 0.6) is 0 Å². The summed E-state index contributed by atoms with van der Waals surface area (Å²) in [6.07, 6.45) is 10.7. The van der Waals surface area contributed by atoms with Crippen LogP contribution in [0.4, 0.5) is 0 Å². The van der Waals surface area contributed by atoms with Crippen LogP contribution in [0.2, 0.25) is 0 Å². The van der Waals surface area contributed by atoms with Crippen molar-refractivity contribution in [3.05, 3.63) is 12.2 Å². The number of hydrogen-bond acceptors (Lipinski definition) is 2. The molecule has 1 heterocycles. The molecule has 2 aliphatic carbocycles. The van der Waals surface area contributed by atoms with Gasteiger partial charge in [-0.2, -0.15) is 0 Å². The van der Waals surface area contributed by atoms with Gasteiger partial charge in [-0.3, -0.25) is 4.79 Å². The Balaban J connectivity index is 0.000000102. The minimum atomic E-state index is -0.0463. The minimum absolute atomic E-state index is 0.0463. The van der Waals surface area contributed by atoms with Gasteiger partial charge in [0.25, 0.3) is 0 Å². The monoisotopic (exact) mass is 180 g/mol. The first kappa shape index (κ1) is 8.79. The molecule has 0 aromatic carbocycles.